The Morgan fingerprint density at radius 3 is 2.61 bits per heavy atom. The van der Waals surface area contributed by atoms with Gasteiger partial charge >= 0.3 is 0 Å². The third-order valence-electron chi connectivity index (χ3n) is 2.93. The molecule has 0 bridgehead atoms. The van der Waals surface area contributed by atoms with E-state index in [1.54, 1.807) is 0 Å². The molecule has 0 radical (unpaired) electrons. The molecule has 0 heterocycles. The van der Waals surface area contributed by atoms with Crippen molar-refractivity contribution in [3.8, 4) is 5.75 Å². The number of hydrogen-bond acceptors (Lipinski definition) is 2. The normalized spacial score (nSPS) is 12.5. The minimum Gasteiger partial charge on any atom is -0.493 e. The summed E-state index contributed by atoms with van der Waals surface area (Å²) in [6.45, 7) is 11.0. The third kappa shape index (κ3) is 4.53. The number of nitrogens with two attached hydrogens (primary N) is 1. The van der Waals surface area contributed by atoms with Crippen LogP contribution in [0.15, 0.2) is 30.9 Å². The van der Waals surface area contributed by atoms with Gasteiger partial charge in [-0.1, -0.05) is 32.1 Å². The van der Waals surface area contributed by atoms with Crippen molar-refractivity contribution in [2.45, 2.75) is 39.7 Å². The van der Waals surface area contributed by atoms with E-state index in [4.69, 9.17) is 10.5 Å². The van der Waals surface area contributed by atoms with Gasteiger partial charge in [-0.15, -0.1) is 6.58 Å². The maximum Gasteiger partial charge on any atom is 0.122 e. The maximum atomic E-state index is 5.90. The average Bonchev–Trinajstić information content (AvgIpc) is 2.30. The highest BCUT2D eigenvalue weighted by atomic mass is 16.5. The third-order valence-corrected chi connectivity index (χ3v) is 2.93. The molecular formula is C16H25NO. The molecule has 1 unspecified atom stereocenters. The summed E-state index contributed by atoms with van der Waals surface area (Å²) in [6, 6.07) is 6.25. The fraction of sp³-hybridized carbons (Fsp3) is 0.500. The molecule has 18 heavy (non-hydrogen) atoms. The number of benzene rings is 1. The second-order valence-electron chi connectivity index (χ2n) is 5.18. The lowest BCUT2D eigenvalue weighted by molar-refractivity contribution is 0.287. The van der Waals surface area contributed by atoms with E-state index < -0.39 is 0 Å². The zero-order valence-electron chi connectivity index (χ0n) is 11.8. The number of hydrogen-bond donors (Lipinski definition) is 1. The van der Waals surface area contributed by atoms with Crippen LogP contribution in [0.2, 0.25) is 0 Å². The molecule has 0 saturated heterocycles. The van der Waals surface area contributed by atoms with E-state index in [1.165, 1.54) is 5.56 Å². The molecule has 0 amide bonds. The van der Waals surface area contributed by atoms with Gasteiger partial charge in [-0.05, 0) is 42.9 Å². The SMILES string of the molecule is C=CCc1cc(C(C)N)ccc1OCCC(C)C. The lowest BCUT2D eigenvalue weighted by atomic mass is 10.0. The van der Waals surface area contributed by atoms with Gasteiger partial charge in [-0.25, -0.2) is 0 Å². The zero-order valence-corrected chi connectivity index (χ0v) is 11.8. The van der Waals surface area contributed by atoms with E-state index in [1.807, 2.05) is 25.1 Å². The molecule has 0 saturated carbocycles. The highest BCUT2D eigenvalue weighted by Gasteiger charge is 2.07. The summed E-state index contributed by atoms with van der Waals surface area (Å²) >= 11 is 0. The van der Waals surface area contributed by atoms with Crippen LogP contribution in [-0.2, 0) is 6.42 Å². The van der Waals surface area contributed by atoms with Gasteiger partial charge in [-0.3, -0.25) is 0 Å². The van der Waals surface area contributed by atoms with Crippen LogP contribution >= 0.6 is 0 Å². The average molecular weight is 247 g/mol. The second kappa shape index (κ2) is 7.22. The van der Waals surface area contributed by atoms with Gasteiger partial charge in [0, 0.05) is 6.04 Å². The van der Waals surface area contributed by atoms with Gasteiger partial charge in [0.1, 0.15) is 5.75 Å². The summed E-state index contributed by atoms with van der Waals surface area (Å²) in [5.41, 5.74) is 8.21. The fourth-order valence-corrected chi connectivity index (χ4v) is 1.74. The van der Waals surface area contributed by atoms with E-state index in [2.05, 4.69) is 26.5 Å². The molecule has 1 aromatic rings. The smallest absolute Gasteiger partial charge is 0.122 e. The minimum absolute atomic E-state index is 0.0540. The van der Waals surface area contributed by atoms with Crippen LogP contribution in [0.25, 0.3) is 0 Å². The first-order valence-electron chi connectivity index (χ1n) is 6.66. The van der Waals surface area contributed by atoms with Crippen LogP contribution in [0.1, 0.15) is 44.4 Å². The van der Waals surface area contributed by atoms with E-state index in [0.717, 1.165) is 30.8 Å². The number of ether oxygens (including phenoxy) is 1. The summed E-state index contributed by atoms with van der Waals surface area (Å²) in [5, 5.41) is 0. The van der Waals surface area contributed by atoms with E-state index in [0.29, 0.717) is 5.92 Å². The Hall–Kier alpha value is -1.28. The molecule has 0 aliphatic heterocycles. The van der Waals surface area contributed by atoms with Crippen LogP contribution < -0.4 is 10.5 Å². The molecule has 2 N–H and O–H groups in total. The van der Waals surface area contributed by atoms with Gasteiger partial charge in [0.25, 0.3) is 0 Å². The summed E-state index contributed by atoms with van der Waals surface area (Å²) < 4.78 is 5.85. The molecule has 0 aliphatic rings. The first-order chi connectivity index (χ1) is 8.54. The Morgan fingerprint density at radius 1 is 1.33 bits per heavy atom. The lowest BCUT2D eigenvalue weighted by Gasteiger charge is -2.14. The van der Waals surface area contributed by atoms with Crippen LogP contribution in [0.4, 0.5) is 0 Å². The van der Waals surface area contributed by atoms with Crippen molar-refractivity contribution < 1.29 is 4.74 Å². The van der Waals surface area contributed by atoms with Gasteiger partial charge < -0.3 is 10.5 Å². The molecule has 2 nitrogen and oxygen atoms in total. The van der Waals surface area contributed by atoms with Crippen LogP contribution in [-0.4, -0.2) is 6.61 Å². The largest absolute Gasteiger partial charge is 0.493 e. The standard InChI is InChI=1S/C16H25NO/c1-5-6-15-11-14(13(4)17)7-8-16(15)18-10-9-12(2)3/h5,7-8,11-13H,1,6,9-10,17H2,2-4H3. The summed E-state index contributed by atoms with van der Waals surface area (Å²) in [7, 11) is 0. The van der Waals surface area contributed by atoms with Crippen LogP contribution in [0, 0.1) is 5.92 Å². The predicted molar refractivity (Wildman–Crippen MR) is 77.9 cm³/mol. The van der Waals surface area contributed by atoms with Crippen LogP contribution in [0.3, 0.4) is 0 Å². The molecular weight excluding hydrogens is 222 g/mol. The Morgan fingerprint density at radius 2 is 2.06 bits per heavy atom. The molecule has 1 aromatic carbocycles. The van der Waals surface area contributed by atoms with Crippen molar-refractivity contribution in [1.29, 1.82) is 0 Å². The maximum absolute atomic E-state index is 5.90. The van der Waals surface area contributed by atoms with Gasteiger partial charge in [0.2, 0.25) is 0 Å². The van der Waals surface area contributed by atoms with Gasteiger partial charge in [0.05, 0.1) is 6.61 Å². The Kier molecular flexibility index (Phi) is 5.93. The Labute approximate surface area is 111 Å². The van der Waals surface area contributed by atoms with Gasteiger partial charge in [-0.2, -0.15) is 0 Å². The van der Waals surface area contributed by atoms with E-state index in [-0.39, 0.29) is 6.04 Å². The van der Waals surface area contributed by atoms with Crippen LogP contribution in [0.5, 0.6) is 5.75 Å². The highest BCUT2D eigenvalue weighted by Crippen LogP contribution is 2.24. The number of allylic oxidation sites excluding steroid dienone is 1. The molecule has 1 atom stereocenters. The molecule has 0 spiro atoms. The second-order valence-corrected chi connectivity index (χ2v) is 5.18. The van der Waals surface area contributed by atoms with Crippen molar-refractivity contribution in [1.82, 2.24) is 0 Å². The van der Waals surface area contributed by atoms with Crippen molar-refractivity contribution >= 4 is 0 Å². The quantitative estimate of drug-likeness (QED) is 0.743. The molecule has 0 fully saturated rings. The van der Waals surface area contributed by atoms with Crippen molar-refractivity contribution in [3.05, 3.63) is 42.0 Å². The monoisotopic (exact) mass is 247 g/mol. The topological polar surface area (TPSA) is 35.2 Å². The minimum atomic E-state index is 0.0540. The highest BCUT2D eigenvalue weighted by molar-refractivity contribution is 5.39. The van der Waals surface area contributed by atoms with Crippen molar-refractivity contribution in [2.24, 2.45) is 11.7 Å². The zero-order chi connectivity index (χ0) is 13.5. The van der Waals surface area contributed by atoms with Crippen molar-refractivity contribution in [3.63, 3.8) is 0 Å². The van der Waals surface area contributed by atoms with Crippen molar-refractivity contribution in [2.75, 3.05) is 6.61 Å². The molecule has 0 aliphatic carbocycles. The summed E-state index contributed by atoms with van der Waals surface area (Å²) in [5.74, 6) is 1.62. The number of rotatable bonds is 7. The first-order valence-corrected chi connectivity index (χ1v) is 6.66. The Bertz CT molecular complexity index is 383. The first kappa shape index (κ1) is 14.8. The molecule has 100 valence electrons. The van der Waals surface area contributed by atoms with Gasteiger partial charge in [0.15, 0.2) is 0 Å². The summed E-state index contributed by atoms with van der Waals surface area (Å²) in [6.07, 6.45) is 3.79. The lowest BCUT2D eigenvalue weighted by Crippen LogP contribution is -2.07. The molecule has 1 rings (SSSR count). The van der Waals surface area contributed by atoms with E-state index >= 15 is 0 Å². The molecule has 2 heteroatoms. The fourth-order valence-electron chi connectivity index (χ4n) is 1.74. The predicted octanol–water partition coefficient (Wildman–Crippen LogP) is 3.86. The Balaban J connectivity index is 2.79. The summed E-state index contributed by atoms with van der Waals surface area (Å²) in [4.78, 5) is 0. The molecule has 0 aromatic heterocycles. The van der Waals surface area contributed by atoms with E-state index in [9.17, 15) is 0 Å².